The van der Waals surface area contributed by atoms with E-state index in [2.05, 4.69) is 17.2 Å². The van der Waals surface area contributed by atoms with Crippen LogP contribution in [0.1, 0.15) is 13.8 Å². The molecule has 0 saturated carbocycles. The van der Waals surface area contributed by atoms with E-state index in [0.717, 1.165) is 17.0 Å². The Labute approximate surface area is 153 Å². The van der Waals surface area contributed by atoms with E-state index in [0.29, 0.717) is 5.57 Å². The maximum Gasteiger partial charge on any atom is 2.00 e. The van der Waals surface area contributed by atoms with Gasteiger partial charge in [-0.1, -0.05) is 37.0 Å². The predicted octanol–water partition coefficient (Wildman–Crippen LogP) is 4.05. The minimum Gasteiger partial charge on any atom is -0.631 e. The Morgan fingerprint density at radius 3 is 2.42 bits per heavy atom. The Morgan fingerprint density at radius 2 is 1.92 bits per heavy atom. The fraction of sp³-hybridized carbons (Fsp3) is 0.158. The number of hydrogen-bond donors (Lipinski definition) is 1. The summed E-state index contributed by atoms with van der Waals surface area (Å²) in [4.78, 5) is 11.5. The summed E-state index contributed by atoms with van der Waals surface area (Å²) in [5.74, 6) is -0.451. The Morgan fingerprint density at radius 1 is 1.29 bits per heavy atom. The third kappa shape index (κ3) is 6.03. The van der Waals surface area contributed by atoms with Gasteiger partial charge in [0.05, 0.1) is 0 Å². The summed E-state index contributed by atoms with van der Waals surface area (Å²) in [6, 6.07) is 10.0. The van der Waals surface area contributed by atoms with Gasteiger partial charge in [0, 0.05) is 11.3 Å². The van der Waals surface area contributed by atoms with Crippen LogP contribution in [-0.2, 0) is 26.6 Å². The number of ether oxygens (including phenoxy) is 1. The van der Waals surface area contributed by atoms with Crippen molar-refractivity contribution in [1.82, 2.24) is 5.32 Å². The average Bonchev–Trinajstić information content (AvgIpc) is 3.23. The zero-order valence-electron chi connectivity index (χ0n) is 13.7. The second-order valence-corrected chi connectivity index (χ2v) is 5.16. The molecule has 1 aliphatic heterocycles. The van der Waals surface area contributed by atoms with Gasteiger partial charge in [-0.3, -0.25) is 0 Å². The second kappa shape index (κ2) is 9.71. The zero-order chi connectivity index (χ0) is 16.7. The van der Waals surface area contributed by atoms with Crippen LogP contribution in [0.4, 0.5) is 0 Å². The molecule has 0 saturated heterocycles. The van der Waals surface area contributed by atoms with Gasteiger partial charge < -0.3 is 15.4 Å². The molecule has 0 aromatic heterocycles. The molecule has 3 rings (SSSR count). The molecule has 1 aromatic rings. The van der Waals surface area contributed by atoms with E-state index in [4.69, 9.17) is 4.74 Å². The van der Waals surface area contributed by atoms with Crippen LogP contribution in [0.15, 0.2) is 89.8 Å². The van der Waals surface area contributed by atoms with E-state index in [1.165, 1.54) is 0 Å². The molecule has 0 bridgehead atoms. The summed E-state index contributed by atoms with van der Waals surface area (Å²) in [5, 5.41) is 7.33. The first-order chi connectivity index (χ1) is 11.1. The molecular formula is C19H20FeN2O2. The summed E-state index contributed by atoms with van der Waals surface area (Å²) in [7, 11) is 0. The molecule has 0 amide bonds. The van der Waals surface area contributed by atoms with Gasteiger partial charge in [-0.2, -0.15) is 18.2 Å². The van der Waals surface area contributed by atoms with E-state index in [1.54, 1.807) is 6.92 Å². The minimum absolute atomic E-state index is 0. The number of carbonyl (C=O) groups excluding carboxylic acids is 1. The number of nitrogens with zero attached hydrogens (tertiary/aromatic N) is 1. The standard InChI is InChI=1S/C14H15N2O2.C5H5.Fe/c1-9(2)13(17)18-14-15-10(3)8-12(16-14)11-6-4-5-7-11;1-2-4-5-3-1;/h4-8,14-15H,1H2,2-3H3;1-5H;/q2*-1;+2. The molecular weight excluding hydrogens is 344 g/mol. The molecule has 1 atom stereocenters. The van der Waals surface area contributed by atoms with E-state index >= 15 is 0 Å². The van der Waals surface area contributed by atoms with Crippen molar-refractivity contribution in [3.63, 3.8) is 0 Å². The SMILES string of the molecule is C=C(C)C(=O)OC1[N-]C(=C2C=CC=C2)C=C(C)N1.[Fe+2].c1cc[cH-]c1. The topological polar surface area (TPSA) is 52.4 Å². The molecule has 1 N–H and O–H groups in total. The minimum atomic E-state index is -0.691. The summed E-state index contributed by atoms with van der Waals surface area (Å²) < 4.78 is 5.17. The van der Waals surface area contributed by atoms with Gasteiger partial charge in [-0.25, -0.2) is 16.9 Å². The first-order valence-electron chi connectivity index (χ1n) is 7.34. The fourth-order valence-corrected chi connectivity index (χ4v) is 1.92. The number of allylic oxidation sites excluding steroid dienone is 7. The number of hydrogen-bond acceptors (Lipinski definition) is 3. The van der Waals surface area contributed by atoms with Gasteiger partial charge in [0.25, 0.3) is 0 Å². The molecule has 4 nitrogen and oxygen atoms in total. The number of esters is 1. The van der Waals surface area contributed by atoms with Crippen LogP contribution in [0.2, 0.25) is 0 Å². The quantitative estimate of drug-likeness (QED) is 0.373. The summed E-state index contributed by atoms with van der Waals surface area (Å²) >= 11 is 0. The maximum absolute atomic E-state index is 11.5. The Balaban J connectivity index is 0.000000412. The van der Waals surface area contributed by atoms with Gasteiger partial charge in [0.2, 0.25) is 0 Å². The van der Waals surface area contributed by atoms with Gasteiger partial charge in [-0.15, -0.1) is 5.70 Å². The molecule has 2 aliphatic rings. The molecule has 126 valence electrons. The van der Waals surface area contributed by atoms with Gasteiger partial charge in [0.15, 0.2) is 0 Å². The van der Waals surface area contributed by atoms with Crippen LogP contribution >= 0.6 is 0 Å². The summed E-state index contributed by atoms with van der Waals surface area (Å²) in [5.41, 5.74) is 3.07. The summed E-state index contributed by atoms with van der Waals surface area (Å²) in [6.45, 7) is 7.05. The molecule has 5 heteroatoms. The van der Waals surface area contributed by atoms with E-state index in [1.807, 2.05) is 67.6 Å². The first-order valence-corrected chi connectivity index (χ1v) is 7.34. The Hall–Kier alpha value is -2.36. The van der Waals surface area contributed by atoms with Gasteiger partial charge in [0.1, 0.15) is 6.35 Å². The third-order valence-corrected chi connectivity index (χ3v) is 3.04. The van der Waals surface area contributed by atoms with Crippen LogP contribution < -0.4 is 5.32 Å². The molecule has 1 aliphatic carbocycles. The Kier molecular flexibility index (Phi) is 7.96. The van der Waals surface area contributed by atoms with Crippen molar-refractivity contribution in [3.8, 4) is 0 Å². The molecule has 0 spiro atoms. The molecule has 24 heavy (non-hydrogen) atoms. The van der Waals surface area contributed by atoms with Crippen LogP contribution in [0.25, 0.3) is 5.32 Å². The first kappa shape index (κ1) is 19.7. The molecule has 1 heterocycles. The zero-order valence-corrected chi connectivity index (χ0v) is 14.8. The normalized spacial score (nSPS) is 17.6. The van der Waals surface area contributed by atoms with Gasteiger partial charge >= 0.3 is 23.0 Å². The molecule has 1 unspecified atom stereocenters. The third-order valence-electron chi connectivity index (χ3n) is 3.04. The van der Waals surface area contributed by atoms with Crippen LogP contribution in [0, 0.1) is 0 Å². The Bertz CT molecular complexity index is 651. The van der Waals surface area contributed by atoms with Crippen LogP contribution in [-0.4, -0.2) is 12.3 Å². The molecule has 1 aromatic carbocycles. The van der Waals surface area contributed by atoms with Gasteiger partial charge in [-0.05, 0) is 19.4 Å². The smallest absolute Gasteiger partial charge is 0.631 e. The number of nitrogens with one attached hydrogen (secondary N) is 1. The fourth-order valence-electron chi connectivity index (χ4n) is 1.92. The average molecular weight is 364 g/mol. The van der Waals surface area contributed by atoms with E-state index in [-0.39, 0.29) is 17.1 Å². The number of carbonyl (C=O) groups is 1. The van der Waals surface area contributed by atoms with Crippen molar-refractivity contribution in [3.05, 3.63) is 95.1 Å². The maximum atomic E-state index is 11.5. The van der Waals surface area contributed by atoms with Crippen molar-refractivity contribution in [2.24, 2.45) is 0 Å². The number of rotatable bonds is 2. The van der Waals surface area contributed by atoms with Crippen molar-refractivity contribution >= 4 is 5.97 Å². The second-order valence-electron chi connectivity index (χ2n) is 5.16. The predicted molar refractivity (Wildman–Crippen MR) is 92.3 cm³/mol. The van der Waals surface area contributed by atoms with Crippen molar-refractivity contribution < 1.29 is 26.6 Å². The van der Waals surface area contributed by atoms with Crippen LogP contribution in [0.5, 0.6) is 0 Å². The van der Waals surface area contributed by atoms with Crippen molar-refractivity contribution in [2.45, 2.75) is 20.2 Å². The van der Waals surface area contributed by atoms with E-state index < -0.39 is 12.3 Å². The summed E-state index contributed by atoms with van der Waals surface area (Å²) in [6.07, 6.45) is 9.04. The largest absolute Gasteiger partial charge is 2.00 e. The van der Waals surface area contributed by atoms with E-state index in [9.17, 15) is 4.79 Å². The monoisotopic (exact) mass is 364 g/mol. The van der Waals surface area contributed by atoms with Crippen molar-refractivity contribution in [1.29, 1.82) is 0 Å². The van der Waals surface area contributed by atoms with Crippen LogP contribution in [0.3, 0.4) is 0 Å². The molecule has 0 fully saturated rings. The molecule has 0 radical (unpaired) electrons. The van der Waals surface area contributed by atoms with Crippen molar-refractivity contribution in [2.75, 3.05) is 0 Å².